The van der Waals surface area contributed by atoms with Gasteiger partial charge in [0.25, 0.3) is 0 Å². The van der Waals surface area contributed by atoms with Crippen molar-refractivity contribution < 1.29 is 0 Å². The fourth-order valence-corrected chi connectivity index (χ4v) is 1.02. The lowest BCUT2D eigenvalue weighted by molar-refractivity contribution is 0.250. The Hall–Kier alpha value is -0.560. The van der Waals surface area contributed by atoms with Gasteiger partial charge < -0.3 is 0 Å². The summed E-state index contributed by atoms with van der Waals surface area (Å²) in [5.74, 6) is 0. The van der Waals surface area contributed by atoms with Crippen LogP contribution in [0.25, 0.3) is 0 Å². The molecule has 1 nitrogen and oxygen atoms in total. The van der Waals surface area contributed by atoms with E-state index in [1.807, 2.05) is 12.2 Å². The molecule has 0 aromatic carbocycles. The Kier molecular flexibility index (Phi) is 5.86. The molecule has 0 amide bonds. The van der Waals surface area contributed by atoms with Crippen LogP contribution in [-0.4, -0.2) is 24.0 Å². The van der Waals surface area contributed by atoms with Gasteiger partial charge in [-0.05, 0) is 13.3 Å². The van der Waals surface area contributed by atoms with Crippen LogP contribution in [0.4, 0.5) is 0 Å². The summed E-state index contributed by atoms with van der Waals surface area (Å²) in [4.78, 5) is 2.35. The molecule has 11 heavy (non-hydrogen) atoms. The largest absolute Gasteiger partial charge is 0.293 e. The molecule has 1 heteroatoms. The Morgan fingerprint density at radius 2 is 1.73 bits per heavy atom. The molecule has 0 fully saturated rings. The second-order valence-corrected chi connectivity index (χ2v) is 2.79. The first-order valence-corrected chi connectivity index (χ1v) is 4.22. The molecule has 0 saturated heterocycles. The second kappa shape index (κ2) is 6.17. The molecule has 0 radical (unpaired) electrons. The number of hydrogen-bond donors (Lipinski definition) is 0. The van der Waals surface area contributed by atoms with E-state index in [4.69, 9.17) is 0 Å². The number of rotatable bonds is 6. The van der Waals surface area contributed by atoms with Gasteiger partial charge in [-0.2, -0.15) is 0 Å². The van der Waals surface area contributed by atoms with E-state index in [1.165, 1.54) is 6.42 Å². The molecular formula is C10H19N. The van der Waals surface area contributed by atoms with Crippen molar-refractivity contribution in [2.24, 2.45) is 0 Å². The standard InChI is InChI=1S/C10H19N/c1-5-8-11(9-6-2)10(4)7-3/h5-6,10H,1-2,7-9H2,3-4H3/t10-/m1/s1. The van der Waals surface area contributed by atoms with Gasteiger partial charge in [0.15, 0.2) is 0 Å². The average Bonchev–Trinajstić information content (AvgIpc) is 2.03. The van der Waals surface area contributed by atoms with Crippen LogP contribution in [0.5, 0.6) is 0 Å². The van der Waals surface area contributed by atoms with Crippen molar-refractivity contribution in [1.29, 1.82) is 0 Å². The third kappa shape index (κ3) is 3.99. The van der Waals surface area contributed by atoms with Crippen LogP contribution in [0, 0.1) is 0 Å². The van der Waals surface area contributed by atoms with Gasteiger partial charge in [0.1, 0.15) is 0 Å². The van der Waals surface area contributed by atoms with E-state index in [0.29, 0.717) is 6.04 Å². The zero-order valence-electron chi connectivity index (χ0n) is 7.71. The molecule has 0 N–H and O–H groups in total. The first-order valence-electron chi connectivity index (χ1n) is 4.22. The first-order chi connectivity index (χ1) is 5.26. The lowest BCUT2D eigenvalue weighted by atomic mass is 10.2. The monoisotopic (exact) mass is 153 g/mol. The van der Waals surface area contributed by atoms with Crippen molar-refractivity contribution in [3.8, 4) is 0 Å². The van der Waals surface area contributed by atoms with E-state index in [0.717, 1.165) is 13.1 Å². The average molecular weight is 153 g/mol. The highest BCUT2D eigenvalue weighted by Gasteiger charge is 2.06. The van der Waals surface area contributed by atoms with Gasteiger partial charge in [-0.3, -0.25) is 4.90 Å². The van der Waals surface area contributed by atoms with Gasteiger partial charge in [-0.25, -0.2) is 0 Å². The summed E-state index contributed by atoms with van der Waals surface area (Å²) in [7, 11) is 0. The number of nitrogens with zero attached hydrogens (tertiary/aromatic N) is 1. The molecule has 0 bridgehead atoms. The van der Waals surface area contributed by atoms with Gasteiger partial charge in [0.05, 0.1) is 0 Å². The lowest BCUT2D eigenvalue weighted by Crippen LogP contribution is -2.32. The summed E-state index contributed by atoms with van der Waals surface area (Å²) in [6.07, 6.45) is 5.06. The minimum absolute atomic E-state index is 0.631. The topological polar surface area (TPSA) is 3.24 Å². The van der Waals surface area contributed by atoms with Crippen LogP contribution in [-0.2, 0) is 0 Å². The van der Waals surface area contributed by atoms with E-state index < -0.39 is 0 Å². The van der Waals surface area contributed by atoms with Crippen molar-refractivity contribution >= 4 is 0 Å². The Morgan fingerprint density at radius 3 is 2.00 bits per heavy atom. The minimum Gasteiger partial charge on any atom is -0.293 e. The minimum atomic E-state index is 0.631. The molecule has 1 atom stereocenters. The Labute approximate surface area is 70.4 Å². The molecule has 0 aliphatic carbocycles. The van der Waals surface area contributed by atoms with Crippen molar-refractivity contribution in [1.82, 2.24) is 4.90 Å². The van der Waals surface area contributed by atoms with Crippen molar-refractivity contribution in [2.75, 3.05) is 13.1 Å². The maximum absolute atomic E-state index is 3.72. The van der Waals surface area contributed by atoms with Crippen LogP contribution < -0.4 is 0 Å². The zero-order chi connectivity index (χ0) is 8.69. The molecule has 0 saturated carbocycles. The van der Waals surface area contributed by atoms with Crippen LogP contribution in [0.15, 0.2) is 25.3 Å². The maximum Gasteiger partial charge on any atom is 0.0166 e. The summed E-state index contributed by atoms with van der Waals surface area (Å²) in [5, 5.41) is 0. The Balaban J connectivity index is 3.84. The molecule has 0 aliphatic rings. The zero-order valence-corrected chi connectivity index (χ0v) is 7.71. The molecule has 0 aromatic heterocycles. The lowest BCUT2D eigenvalue weighted by Gasteiger charge is -2.25. The quantitative estimate of drug-likeness (QED) is 0.530. The molecule has 64 valence electrons. The normalized spacial score (nSPS) is 13.0. The van der Waals surface area contributed by atoms with Gasteiger partial charge in [-0.1, -0.05) is 19.1 Å². The van der Waals surface area contributed by atoms with E-state index in [1.54, 1.807) is 0 Å². The predicted octanol–water partition coefficient (Wildman–Crippen LogP) is 2.46. The second-order valence-electron chi connectivity index (χ2n) is 2.79. The summed E-state index contributed by atoms with van der Waals surface area (Å²) in [6.45, 7) is 13.8. The molecule has 0 spiro atoms. The van der Waals surface area contributed by atoms with Crippen LogP contribution in [0.2, 0.25) is 0 Å². The predicted molar refractivity (Wildman–Crippen MR) is 51.7 cm³/mol. The highest BCUT2D eigenvalue weighted by atomic mass is 15.1. The maximum atomic E-state index is 3.72. The van der Waals surface area contributed by atoms with E-state index in [-0.39, 0.29) is 0 Å². The molecule has 0 unspecified atom stereocenters. The highest BCUT2D eigenvalue weighted by molar-refractivity contribution is 4.82. The van der Waals surface area contributed by atoms with Gasteiger partial charge >= 0.3 is 0 Å². The van der Waals surface area contributed by atoms with Crippen LogP contribution in [0.1, 0.15) is 20.3 Å². The fourth-order valence-electron chi connectivity index (χ4n) is 1.02. The van der Waals surface area contributed by atoms with Crippen molar-refractivity contribution in [3.63, 3.8) is 0 Å². The third-order valence-corrected chi connectivity index (χ3v) is 1.94. The first kappa shape index (κ1) is 10.4. The smallest absolute Gasteiger partial charge is 0.0166 e. The van der Waals surface area contributed by atoms with Crippen LogP contribution in [0.3, 0.4) is 0 Å². The van der Waals surface area contributed by atoms with Crippen molar-refractivity contribution in [2.45, 2.75) is 26.3 Å². The van der Waals surface area contributed by atoms with E-state index in [2.05, 4.69) is 31.9 Å². The van der Waals surface area contributed by atoms with Crippen molar-refractivity contribution in [3.05, 3.63) is 25.3 Å². The highest BCUT2D eigenvalue weighted by Crippen LogP contribution is 2.02. The Bertz CT molecular complexity index is 108. The molecule has 0 aliphatic heterocycles. The van der Waals surface area contributed by atoms with E-state index >= 15 is 0 Å². The number of hydrogen-bond acceptors (Lipinski definition) is 1. The SMILES string of the molecule is C=CCN(CC=C)[C@H](C)CC. The summed E-state index contributed by atoms with van der Waals surface area (Å²) in [6, 6.07) is 0.631. The molecular weight excluding hydrogens is 134 g/mol. The van der Waals surface area contributed by atoms with E-state index in [9.17, 15) is 0 Å². The van der Waals surface area contributed by atoms with Gasteiger partial charge in [0.2, 0.25) is 0 Å². The molecule has 0 heterocycles. The third-order valence-electron chi connectivity index (χ3n) is 1.94. The summed E-state index contributed by atoms with van der Waals surface area (Å²) >= 11 is 0. The van der Waals surface area contributed by atoms with Gasteiger partial charge in [0, 0.05) is 19.1 Å². The van der Waals surface area contributed by atoms with Gasteiger partial charge in [-0.15, -0.1) is 13.2 Å². The fraction of sp³-hybridized carbons (Fsp3) is 0.600. The summed E-state index contributed by atoms with van der Waals surface area (Å²) in [5.41, 5.74) is 0. The Morgan fingerprint density at radius 1 is 1.27 bits per heavy atom. The molecule has 0 aromatic rings. The molecule has 0 rings (SSSR count). The van der Waals surface area contributed by atoms with Crippen LogP contribution >= 0.6 is 0 Å². The summed E-state index contributed by atoms with van der Waals surface area (Å²) < 4.78 is 0.